The topological polar surface area (TPSA) is 58.0 Å². The van der Waals surface area contributed by atoms with Crippen molar-refractivity contribution in [3.8, 4) is 0 Å². The molecule has 0 aromatic heterocycles. The summed E-state index contributed by atoms with van der Waals surface area (Å²) in [5.41, 5.74) is 7.90. The van der Waals surface area contributed by atoms with E-state index in [2.05, 4.69) is 10.0 Å². The van der Waals surface area contributed by atoms with Gasteiger partial charge in [0.25, 0.3) is 0 Å². The van der Waals surface area contributed by atoms with Gasteiger partial charge in [0.05, 0.1) is 0 Å². The summed E-state index contributed by atoms with van der Waals surface area (Å²) >= 11 is 0. The van der Waals surface area contributed by atoms with Gasteiger partial charge < -0.3 is 4.74 Å². The second-order valence-electron chi connectivity index (χ2n) is 1.86. The van der Waals surface area contributed by atoms with E-state index in [1.54, 1.807) is 0 Å². The van der Waals surface area contributed by atoms with E-state index in [1.165, 1.54) is 0 Å². The van der Waals surface area contributed by atoms with E-state index in [-0.39, 0.29) is 0 Å². The minimum atomic E-state index is 0.587. The lowest BCUT2D eigenvalue weighted by Crippen LogP contribution is -1.93. The van der Waals surface area contributed by atoms with Crippen molar-refractivity contribution in [1.29, 1.82) is 0 Å². The first kappa shape index (κ1) is 9.27. The summed E-state index contributed by atoms with van der Waals surface area (Å²) in [7, 11) is 0. The van der Waals surface area contributed by atoms with Crippen molar-refractivity contribution in [1.82, 2.24) is 0 Å². The Morgan fingerprint density at radius 3 is 2.90 bits per heavy atom. The maximum atomic E-state index is 7.90. The zero-order chi connectivity index (χ0) is 7.66. The number of azide groups is 1. The molecule has 0 heterocycles. The molecule has 0 amide bonds. The normalized spacial score (nSPS) is 8.90. The van der Waals surface area contributed by atoms with Crippen LogP contribution in [0.4, 0.5) is 0 Å². The van der Waals surface area contributed by atoms with Gasteiger partial charge in [-0.05, 0) is 25.3 Å². The number of unbranched alkanes of at least 4 members (excludes halogenated alkanes) is 1. The molecule has 0 fully saturated rings. The fraction of sp³-hybridized carbons (Fsp3) is 1.00. The highest BCUT2D eigenvalue weighted by atomic mass is 16.5. The number of hydrogen-bond acceptors (Lipinski definition) is 2. The second kappa shape index (κ2) is 8.27. The number of hydrogen-bond donors (Lipinski definition) is 0. The molecule has 0 aliphatic heterocycles. The van der Waals surface area contributed by atoms with Crippen molar-refractivity contribution in [3.05, 3.63) is 10.4 Å². The third-order valence-corrected chi connectivity index (χ3v) is 1.06. The Hall–Kier alpha value is -0.730. The van der Waals surface area contributed by atoms with Crippen LogP contribution in [0.5, 0.6) is 0 Å². The van der Waals surface area contributed by atoms with Crippen molar-refractivity contribution >= 4 is 0 Å². The first-order valence-corrected chi connectivity index (χ1v) is 3.50. The molecular weight excluding hydrogens is 130 g/mol. The highest BCUT2D eigenvalue weighted by Crippen LogP contribution is 1.90. The fourth-order valence-corrected chi connectivity index (χ4v) is 0.576. The predicted octanol–water partition coefficient (Wildman–Crippen LogP) is 2.11. The Morgan fingerprint density at radius 2 is 2.30 bits per heavy atom. The zero-order valence-corrected chi connectivity index (χ0v) is 6.29. The van der Waals surface area contributed by atoms with Gasteiger partial charge in [0.15, 0.2) is 0 Å². The summed E-state index contributed by atoms with van der Waals surface area (Å²) in [5.74, 6) is 0. The average molecular weight is 143 g/mol. The van der Waals surface area contributed by atoms with Gasteiger partial charge in [0, 0.05) is 24.7 Å². The van der Waals surface area contributed by atoms with Crippen LogP contribution in [0, 0.1) is 0 Å². The first-order chi connectivity index (χ1) is 4.91. The molecule has 0 saturated carbocycles. The van der Waals surface area contributed by atoms with Crippen molar-refractivity contribution in [3.63, 3.8) is 0 Å². The van der Waals surface area contributed by atoms with Crippen LogP contribution >= 0.6 is 0 Å². The second-order valence-corrected chi connectivity index (χ2v) is 1.86. The van der Waals surface area contributed by atoms with Crippen LogP contribution in [0.3, 0.4) is 0 Å². The molecule has 0 spiro atoms. The Kier molecular flexibility index (Phi) is 7.67. The summed E-state index contributed by atoms with van der Waals surface area (Å²) in [5, 5.41) is 3.39. The van der Waals surface area contributed by atoms with Crippen LogP contribution < -0.4 is 0 Å². The van der Waals surface area contributed by atoms with E-state index in [0.29, 0.717) is 6.54 Å². The van der Waals surface area contributed by atoms with Crippen LogP contribution in [0.1, 0.15) is 19.8 Å². The van der Waals surface area contributed by atoms with Crippen LogP contribution in [0.25, 0.3) is 10.4 Å². The Bertz CT molecular complexity index is 110. The van der Waals surface area contributed by atoms with Crippen LogP contribution in [0.2, 0.25) is 0 Å². The highest BCUT2D eigenvalue weighted by molar-refractivity contribution is 4.46. The third-order valence-electron chi connectivity index (χ3n) is 1.06. The lowest BCUT2D eigenvalue weighted by Gasteiger charge is -1.96. The molecule has 0 saturated heterocycles. The minimum absolute atomic E-state index is 0.587. The van der Waals surface area contributed by atoms with Gasteiger partial charge in [0.2, 0.25) is 0 Å². The molecule has 4 nitrogen and oxygen atoms in total. The number of ether oxygens (including phenoxy) is 1. The van der Waals surface area contributed by atoms with Crippen LogP contribution in [0.15, 0.2) is 5.11 Å². The van der Waals surface area contributed by atoms with E-state index in [4.69, 9.17) is 10.3 Å². The van der Waals surface area contributed by atoms with Crippen molar-refractivity contribution in [2.75, 3.05) is 19.8 Å². The average Bonchev–Trinajstić information content (AvgIpc) is 1.97. The van der Waals surface area contributed by atoms with E-state index >= 15 is 0 Å². The summed E-state index contributed by atoms with van der Waals surface area (Å²) in [6.45, 7) is 4.09. The van der Waals surface area contributed by atoms with Gasteiger partial charge in [-0.2, -0.15) is 0 Å². The monoisotopic (exact) mass is 143 g/mol. The van der Waals surface area contributed by atoms with Crippen molar-refractivity contribution in [2.45, 2.75) is 19.8 Å². The van der Waals surface area contributed by atoms with Gasteiger partial charge in [-0.25, -0.2) is 0 Å². The maximum Gasteiger partial charge on any atom is 0.0465 e. The zero-order valence-electron chi connectivity index (χ0n) is 6.29. The standard InChI is InChI=1S/C6H13N3O/c1-2-10-6-4-3-5-8-9-7/h2-6H2,1H3. The van der Waals surface area contributed by atoms with E-state index in [1.807, 2.05) is 6.92 Å². The molecule has 0 rings (SSSR count). The molecule has 0 aromatic rings. The fourth-order valence-electron chi connectivity index (χ4n) is 0.576. The summed E-state index contributed by atoms with van der Waals surface area (Å²) in [4.78, 5) is 2.64. The SMILES string of the molecule is CCOCCCCN=[N+]=[N-]. The predicted molar refractivity (Wildman–Crippen MR) is 39.7 cm³/mol. The van der Waals surface area contributed by atoms with Crippen molar-refractivity contribution in [2.24, 2.45) is 5.11 Å². The van der Waals surface area contributed by atoms with Gasteiger partial charge in [-0.15, -0.1) is 0 Å². The largest absolute Gasteiger partial charge is 0.382 e. The number of nitrogens with zero attached hydrogens (tertiary/aromatic N) is 3. The molecular formula is C6H13N3O. The molecule has 4 heteroatoms. The van der Waals surface area contributed by atoms with Gasteiger partial charge in [-0.1, -0.05) is 5.11 Å². The first-order valence-electron chi connectivity index (χ1n) is 3.50. The molecule has 0 radical (unpaired) electrons. The smallest absolute Gasteiger partial charge is 0.0465 e. The summed E-state index contributed by atoms with van der Waals surface area (Å²) in [6, 6.07) is 0. The Labute approximate surface area is 60.8 Å². The quantitative estimate of drug-likeness (QED) is 0.243. The molecule has 0 aliphatic carbocycles. The molecule has 10 heavy (non-hydrogen) atoms. The van der Waals surface area contributed by atoms with Gasteiger partial charge in [0.1, 0.15) is 0 Å². The Morgan fingerprint density at radius 1 is 1.50 bits per heavy atom. The van der Waals surface area contributed by atoms with Gasteiger partial charge >= 0.3 is 0 Å². The van der Waals surface area contributed by atoms with Gasteiger partial charge in [-0.3, -0.25) is 0 Å². The molecule has 58 valence electrons. The molecule has 0 atom stereocenters. The third kappa shape index (κ3) is 7.27. The van der Waals surface area contributed by atoms with E-state index in [0.717, 1.165) is 26.1 Å². The Balaban J connectivity index is 2.83. The summed E-state index contributed by atoms with van der Waals surface area (Å²) in [6.07, 6.45) is 1.90. The van der Waals surface area contributed by atoms with Crippen molar-refractivity contribution < 1.29 is 4.74 Å². The lowest BCUT2D eigenvalue weighted by atomic mass is 10.3. The van der Waals surface area contributed by atoms with E-state index in [9.17, 15) is 0 Å². The van der Waals surface area contributed by atoms with Crippen LogP contribution in [-0.4, -0.2) is 19.8 Å². The van der Waals surface area contributed by atoms with E-state index < -0.39 is 0 Å². The molecule has 0 N–H and O–H groups in total. The molecule has 0 aromatic carbocycles. The highest BCUT2D eigenvalue weighted by Gasteiger charge is 1.84. The molecule has 0 bridgehead atoms. The maximum absolute atomic E-state index is 7.90. The van der Waals surface area contributed by atoms with Crippen LogP contribution in [-0.2, 0) is 4.74 Å². The minimum Gasteiger partial charge on any atom is -0.382 e. The molecule has 0 aliphatic rings. The molecule has 0 unspecified atom stereocenters. The number of rotatable bonds is 6. The lowest BCUT2D eigenvalue weighted by molar-refractivity contribution is 0.144. The summed E-state index contributed by atoms with van der Waals surface area (Å²) < 4.78 is 5.08.